The molecule has 1 aliphatic rings. The largest absolute Gasteiger partial charge is 0.298 e. The molecule has 0 amide bonds. The quantitative estimate of drug-likeness (QED) is 0.705. The van der Waals surface area contributed by atoms with Crippen molar-refractivity contribution in [2.24, 2.45) is 0 Å². The lowest BCUT2D eigenvalue weighted by atomic mass is 9.86. The Balaban J connectivity index is 1.57. The molecule has 0 radical (unpaired) electrons. The number of likely N-dealkylation sites (tertiary alicyclic amines) is 1. The smallest absolute Gasteiger partial charge is 0.0233 e. The van der Waals surface area contributed by atoms with Crippen LogP contribution >= 0.6 is 0 Å². The van der Waals surface area contributed by atoms with Crippen LogP contribution in [0.15, 0.2) is 60.2 Å². The number of hydrogen-bond acceptors (Lipinski definition) is 1. The minimum atomic E-state index is 0.231. The highest BCUT2D eigenvalue weighted by Crippen LogP contribution is 2.24. The SMILES string of the molecule is CC(C)(C)c1ccc(C=C2CCN(Cc3ccccc3)CC2)cc1. The third-order valence-electron chi connectivity index (χ3n) is 4.89. The zero-order valence-electron chi connectivity index (χ0n) is 15.3. The second kappa shape index (κ2) is 7.36. The Labute approximate surface area is 147 Å². The standard InChI is InChI=1S/C23H29N/c1-23(2,3)22-11-9-19(10-12-22)17-20-13-15-24(16-14-20)18-21-7-5-4-6-8-21/h4-12,17H,13-16,18H2,1-3H3. The van der Waals surface area contributed by atoms with Crippen LogP contribution in [-0.2, 0) is 12.0 Å². The summed E-state index contributed by atoms with van der Waals surface area (Å²) in [7, 11) is 0. The summed E-state index contributed by atoms with van der Waals surface area (Å²) >= 11 is 0. The second-order valence-corrected chi connectivity index (χ2v) is 7.94. The van der Waals surface area contributed by atoms with Gasteiger partial charge in [-0.2, -0.15) is 0 Å². The fourth-order valence-corrected chi connectivity index (χ4v) is 3.30. The topological polar surface area (TPSA) is 3.24 Å². The van der Waals surface area contributed by atoms with Crippen LogP contribution in [0.3, 0.4) is 0 Å². The summed E-state index contributed by atoms with van der Waals surface area (Å²) in [5, 5.41) is 0. The van der Waals surface area contributed by atoms with Gasteiger partial charge in [0.1, 0.15) is 0 Å². The molecule has 2 aromatic carbocycles. The van der Waals surface area contributed by atoms with Crippen molar-refractivity contribution in [3.63, 3.8) is 0 Å². The fraction of sp³-hybridized carbons (Fsp3) is 0.391. The molecule has 0 bridgehead atoms. The van der Waals surface area contributed by atoms with Crippen molar-refractivity contribution in [3.05, 3.63) is 76.9 Å². The van der Waals surface area contributed by atoms with E-state index in [1.807, 2.05) is 0 Å². The predicted octanol–water partition coefficient (Wildman–Crippen LogP) is 5.66. The zero-order chi connectivity index (χ0) is 17.0. The van der Waals surface area contributed by atoms with E-state index in [9.17, 15) is 0 Å². The Kier molecular flexibility index (Phi) is 5.20. The van der Waals surface area contributed by atoms with Gasteiger partial charge < -0.3 is 0 Å². The average Bonchev–Trinajstić information content (AvgIpc) is 2.57. The average molecular weight is 319 g/mol. The van der Waals surface area contributed by atoms with Crippen molar-refractivity contribution in [1.29, 1.82) is 0 Å². The van der Waals surface area contributed by atoms with E-state index in [4.69, 9.17) is 0 Å². The van der Waals surface area contributed by atoms with E-state index in [2.05, 4.69) is 86.3 Å². The molecular formula is C23H29N. The van der Waals surface area contributed by atoms with Crippen molar-refractivity contribution in [2.75, 3.05) is 13.1 Å². The van der Waals surface area contributed by atoms with E-state index in [1.54, 1.807) is 5.57 Å². The predicted molar refractivity (Wildman–Crippen MR) is 104 cm³/mol. The number of hydrogen-bond donors (Lipinski definition) is 0. The molecule has 3 rings (SSSR count). The third kappa shape index (κ3) is 4.58. The van der Waals surface area contributed by atoms with Crippen LogP contribution in [0.1, 0.15) is 50.3 Å². The van der Waals surface area contributed by atoms with Gasteiger partial charge >= 0.3 is 0 Å². The maximum atomic E-state index is 2.56. The first-order chi connectivity index (χ1) is 11.5. The van der Waals surface area contributed by atoms with Gasteiger partial charge in [0.05, 0.1) is 0 Å². The Morgan fingerprint density at radius 2 is 1.50 bits per heavy atom. The van der Waals surface area contributed by atoms with E-state index in [-0.39, 0.29) is 5.41 Å². The molecule has 2 aromatic rings. The van der Waals surface area contributed by atoms with Gasteiger partial charge in [0.2, 0.25) is 0 Å². The lowest BCUT2D eigenvalue weighted by Gasteiger charge is -2.28. The first-order valence-corrected chi connectivity index (χ1v) is 9.07. The molecule has 24 heavy (non-hydrogen) atoms. The van der Waals surface area contributed by atoms with Crippen LogP contribution in [-0.4, -0.2) is 18.0 Å². The van der Waals surface area contributed by atoms with Gasteiger partial charge in [0, 0.05) is 19.6 Å². The van der Waals surface area contributed by atoms with Crippen LogP contribution in [0.2, 0.25) is 0 Å². The Morgan fingerprint density at radius 1 is 0.875 bits per heavy atom. The fourth-order valence-electron chi connectivity index (χ4n) is 3.30. The molecule has 1 nitrogen and oxygen atoms in total. The molecule has 0 spiro atoms. The minimum absolute atomic E-state index is 0.231. The maximum Gasteiger partial charge on any atom is 0.0233 e. The normalized spacial score (nSPS) is 16.2. The lowest BCUT2D eigenvalue weighted by molar-refractivity contribution is 0.249. The van der Waals surface area contributed by atoms with Crippen LogP contribution < -0.4 is 0 Å². The van der Waals surface area contributed by atoms with Gasteiger partial charge in [-0.3, -0.25) is 4.90 Å². The third-order valence-corrected chi connectivity index (χ3v) is 4.89. The molecular weight excluding hydrogens is 290 g/mol. The minimum Gasteiger partial charge on any atom is -0.298 e. The molecule has 0 saturated carbocycles. The highest BCUT2D eigenvalue weighted by Gasteiger charge is 2.15. The van der Waals surface area contributed by atoms with Gasteiger partial charge in [-0.1, -0.05) is 87.0 Å². The molecule has 0 unspecified atom stereocenters. The highest BCUT2D eigenvalue weighted by molar-refractivity contribution is 5.54. The highest BCUT2D eigenvalue weighted by atomic mass is 15.1. The molecule has 0 atom stereocenters. The van der Waals surface area contributed by atoms with Gasteiger partial charge in [0.25, 0.3) is 0 Å². The van der Waals surface area contributed by atoms with Gasteiger partial charge in [-0.25, -0.2) is 0 Å². The zero-order valence-corrected chi connectivity index (χ0v) is 15.3. The first-order valence-electron chi connectivity index (χ1n) is 9.07. The molecule has 1 heterocycles. The lowest BCUT2D eigenvalue weighted by Crippen LogP contribution is -2.30. The summed E-state index contributed by atoms with van der Waals surface area (Å²) < 4.78 is 0. The van der Waals surface area contributed by atoms with Crippen LogP contribution in [0.25, 0.3) is 6.08 Å². The van der Waals surface area contributed by atoms with E-state index in [0.29, 0.717) is 0 Å². The van der Waals surface area contributed by atoms with Crippen LogP contribution in [0.4, 0.5) is 0 Å². The van der Waals surface area contributed by atoms with Crippen LogP contribution in [0, 0.1) is 0 Å². The molecule has 126 valence electrons. The van der Waals surface area contributed by atoms with E-state index >= 15 is 0 Å². The van der Waals surface area contributed by atoms with E-state index < -0.39 is 0 Å². The molecule has 0 aromatic heterocycles. The maximum absolute atomic E-state index is 2.56. The summed E-state index contributed by atoms with van der Waals surface area (Å²) in [5.41, 5.74) is 5.98. The second-order valence-electron chi connectivity index (χ2n) is 7.94. The van der Waals surface area contributed by atoms with Crippen molar-refractivity contribution >= 4 is 6.08 Å². The van der Waals surface area contributed by atoms with Crippen molar-refractivity contribution in [3.8, 4) is 0 Å². The van der Waals surface area contributed by atoms with Crippen molar-refractivity contribution in [2.45, 2.75) is 45.6 Å². The summed E-state index contributed by atoms with van der Waals surface area (Å²) in [5.74, 6) is 0. The van der Waals surface area contributed by atoms with Crippen molar-refractivity contribution in [1.82, 2.24) is 4.90 Å². The number of benzene rings is 2. The summed E-state index contributed by atoms with van der Waals surface area (Å²) in [4.78, 5) is 2.56. The Bertz CT molecular complexity index is 664. The number of piperidine rings is 1. The van der Waals surface area contributed by atoms with E-state index in [1.165, 1.54) is 42.6 Å². The van der Waals surface area contributed by atoms with Gasteiger partial charge in [-0.05, 0) is 34.9 Å². The molecule has 0 aliphatic carbocycles. The molecule has 1 heteroatoms. The summed E-state index contributed by atoms with van der Waals surface area (Å²) in [6, 6.07) is 19.9. The van der Waals surface area contributed by atoms with Gasteiger partial charge in [-0.15, -0.1) is 0 Å². The molecule has 1 fully saturated rings. The number of nitrogens with zero attached hydrogens (tertiary/aromatic N) is 1. The monoisotopic (exact) mass is 319 g/mol. The molecule has 0 N–H and O–H groups in total. The van der Waals surface area contributed by atoms with Crippen LogP contribution in [0.5, 0.6) is 0 Å². The Hall–Kier alpha value is -1.86. The summed E-state index contributed by atoms with van der Waals surface area (Å²) in [6.45, 7) is 10.2. The number of rotatable bonds is 3. The molecule has 1 aliphatic heterocycles. The molecule has 1 saturated heterocycles. The van der Waals surface area contributed by atoms with E-state index in [0.717, 1.165) is 6.54 Å². The first kappa shape index (κ1) is 17.0. The Morgan fingerprint density at radius 3 is 2.08 bits per heavy atom. The van der Waals surface area contributed by atoms with Crippen molar-refractivity contribution < 1.29 is 0 Å². The van der Waals surface area contributed by atoms with Gasteiger partial charge in [0.15, 0.2) is 0 Å². The summed E-state index contributed by atoms with van der Waals surface area (Å²) in [6.07, 6.45) is 4.77.